The third-order valence-electron chi connectivity index (χ3n) is 3.79. The molecule has 0 spiro atoms. The minimum atomic E-state index is -3.49. The summed E-state index contributed by atoms with van der Waals surface area (Å²) in [6.45, 7) is 2.90. The van der Waals surface area contributed by atoms with Gasteiger partial charge in [-0.3, -0.25) is 0 Å². The largest absolute Gasteiger partial charge is 0.316 e. The van der Waals surface area contributed by atoms with E-state index in [1.165, 1.54) is 0 Å². The Kier molecular flexibility index (Phi) is 5.12. The molecule has 1 aliphatic carbocycles. The third-order valence-corrected chi connectivity index (χ3v) is 5.23. The zero-order chi connectivity index (χ0) is 14.6. The van der Waals surface area contributed by atoms with Crippen LogP contribution in [-0.2, 0) is 16.6 Å². The molecule has 2 rings (SSSR count). The van der Waals surface area contributed by atoms with Gasteiger partial charge >= 0.3 is 0 Å². The molecule has 0 unspecified atom stereocenters. The quantitative estimate of drug-likeness (QED) is 0.867. The normalized spacial score (nSPS) is 23.7. The van der Waals surface area contributed by atoms with E-state index in [1.54, 1.807) is 18.3 Å². The molecule has 1 aromatic rings. The molecule has 5 nitrogen and oxygen atoms in total. The van der Waals surface area contributed by atoms with Crippen molar-refractivity contribution in [1.29, 1.82) is 0 Å². The lowest BCUT2D eigenvalue weighted by Crippen LogP contribution is -2.37. The summed E-state index contributed by atoms with van der Waals surface area (Å²) in [7, 11) is -1.65. The number of sulfonamides is 1. The third kappa shape index (κ3) is 4.01. The van der Waals surface area contributed by atoms with E-state index in [0.29, 0.717) is 12.5 Å². The number of pyridine rings is 1. The first-order valence-electron chi connectivity index (χ1n) is 7.13. The zero-order valence-electron chi connectivity index (χ0n) is 12.1. The summed E-state index contributed by atoms with van der Waals surface area (Å²) in [5.41, 5.74) is 0.970. The Morgan fingerprint density at radius 2 is 1.95 bits per heavy atom. The van der Waals surface area contributed by atoms with E-state index in [-0.39, 0.29) is 11.1 Å². The van der Waals surface area contributed by atoms with Gasteiger partial charge in [0.15, 0.2) is 5.03 Å². The van der Waals surface area contributed by atoms with Gasteiger partial charge in [-0.05, 0) is 50.3 Å². The lowest BCUT2D eigenvalue weighted by atomic mass is 9.88. The van der Waals surface area contributed by atoms with E-state index >= 15 is 0 Å². The number of hydrogen-bond donors (Lipinski definition) is 2. The van der Waals surface area contributed by atoms with Crippen molar-refractivity contribution in [3.63, 3.8) is 0 Å². The molecule has 0 amide bonds. The Morgan fingerprint density at radius 1 is 1.25 bits per heavy atom. The van der Waals surface area contributed by atoms with Crippen LogP contribution in [0.2, 0.25) is 0 Å². The van der Waals surface area contributed by atoms with Gasteiger partial charge in [0.25, 0.3) is 10.0 Å². The van der Waals surface area contributed by atoms with E-state index in [1.807, 2.05) is 7.05 Å². The van der Waals surface area contributed by atoms with Crippen molar-refractivity contribution in [2.24, 2.45) is 5.92 Å². The number of nitrogens with one attached hydrogen (secondary N) is 2. The molecule has 2 N–H and O–H groups in total. The SMILES string of the molecule is CNCc1ccc(S(=O)(=O)NC2CCC(C)CC2)nc1. The molecular weight excluding hydrogens is 274 g/mol. The summed E-state index contributed by atoms with van der Waals surface area (Å²) in [5.74, 6) is 0.703. The highest BCUT2D eigenvalue weighted by atomic mass is 32.2. The maximum absolute atomic E-state index is 12.3. The second-order valence-electron chi connectivity index (χ2n) is 5.61. The van der Waals surface area contributed by atoms with Gasteiger partial charge in [-0.15, -0.1) is 0 Å². The molecule has 0 bridgehead atoms. The molecule has 0 radical (unpaired) electrons. The monoisotopic (exact) mass is 297 g/mol. The van der Waals surface area contributed by atoms with Crippen LogP contribution in [0.5, 0.6) is 0 Å². The summed E-state index contributed by atoms with van der Waals surface area (Å²) in [5, 5.41) is 3.11. The predicted molar refractivity (Wildman–Crippen MR) is 78.7 cm³/mol. The average Bonchev–Trinajstić information content (AvgIpc) is 2.42. The van der Waals surface area contributed by atoms with E-state index in [4.69, 9.17) is 0 Å². The van der Waals surface area contributed by atoms with Crippen molar-refractivity contribution >= 4 is 10.0 Å². The second kappa shape index (κ2) is 6.65. The van der Waals surface area contributed by atoms with E-state index in [9.17, 15) is 8.42 Å². The molecule has 0 atom stereocenters. The minimum Gasteiger partial charge on any atom is -0.316 e. The Hall–Kier alpha value is -0.980. The van der Waals surface area contributed by atoms with Gasteiger partial charge in [0.05, 0.1) is 0 Å². The van der Waals surface area contributed by atoms with Gasteiger partial charge in [0.2, 0.25) is 0 Å². The molecule has 1 aliphatic rings. The van der Waals surface area contributed by atoms with Crippen molar-refractivity contribution in [3.8, 4) is 0 Å². The van der Waals surface area contributed by atoms with Crippen LogP contribution in [0.4, 0.5) is 0 Å². The molecule has 0 saturated heterocycles. The highest BCUT2D eigenvalue weighted by Crippen LogP contribution is 2.24. The van der Waals surface area contributed by atoms with Crippen LogP contribution < -0.4 is 10.0 Å². The van der Waals surface area contributed by atoms with E-state index < -0.39 is 10.0 Å². The summed E-state index contributed by atoms with van der Waals surface area (Å²) in [6.07, 6.45) is 5.61. The summed E-state index contributed by atoms with van der Waals surface area (Å²) in [6, 6.07) is 3.41. The number of aromatic nitrogens is 1. The van der Waals surface area contributed by atoms with Gasteiger partial charge in [-0.25, -0.2) is 18.1 Å². The summed E-state index contributed by atoms with van der Waals surface area (Å²) in [4.78, 5) is 4.06. The van der Waals surface area contributed by atoms with E-state index in [0.717, 1.165) is 31.2 Å². The van der Waals surface area contributed by atoms with Crippen LogP contribution >= 0.6 is 0 Å². The van der Waals surface area contributed by atoms with Gasteiger partial charge < -0.3 is 5.32 Å². The Labute approximate surface area is 121 Å². The van der Waals surface area contributed by atoms with Crippen LogP contribution in [0.3, 0.4) is 0 Å². The van der Waals surface area contributed by atoms with Crippen molar-refractivity contribution < 1.29 is 8.42 Å². The maximum atomic E-state index is 12.3. The van der Waals surface area contributed by atoms with E-state index in [2.05, 4.69) is 21.9 Å². The van der Waals surface area contributed by atoms with Crippen LogP contribution in [0, 0.1) is 5.92 Å². The highest BCUT2D eigenvalue weighted by molar-refractivity contribution is 7.89. The topological polar surface area (TPSA) is 71.1 Å². The molecule has 112 valence electrons. The Morgan fingerprint density at radius 3 is 2.50 bits per heavy atom. The van der Waals surface area contributed by atoms with Gasteiger partial charge in [0, 0.05) is 18.8 Å². The molecule has 0 aromatic carbocycles. The molecule has 0 aliphatic heterocycles. The molecule has 1 fully saturated rings. The molecular formula is C14H23N3O2S. The zero-order valence-corrected chi connectivity index (χ0v) is 12.9. The number of hydrogen-bond acceptors (Lipinski definition) is 4. The first kappa shape index (κ1) is 15.4. The Bertz CT molecular complexity index is 520. The maximum Gasteiger partial charge on any atom is 0.258 e. The molecule has 6 heteroatoms. The number of rotatable bonds is 5. The highest BCUT2D eigenvalue weighted by Gasteiger charge is 2.24. The molecule has 1 heterocycles. The fourth-order valence-electron chi connectivity index (χ4n) is 2.54. The van der Waals surface area contributed by atoms with Crippen LogP contribution in [0.15, 0.2) is 23.4 Å². The summed E-state index contributed by atoms with van der Waals surface area (Å²) >= 11 is 0. The van der Waals surface area contributed by atoms with Gasteiger partial charge in [-0.2, -0.15) is 0 Å². The average molecular weight is 297 g/mol. The van der Waals surface area contributed by atoms with Gasteiger partial charge in [-0.1, -0.05) is 13.0 Å². The summed E-state index contributed by atoms with van der Waals surface area (Å²) < 4.78 is 27.3. The number of nitrogens with zero attached hydrogens (tertiary/aromatic N) is 1. The Balaban J connectivity index is 2.02. The fourth-order valence-corrected chi connectivity index (χ4v) is 3.77. The second-order valence-corrected chi connectivity index (χ2v) is 7.27. The first-order chi connectivity index (χ1) is 9.51. The van der Waals surface area contributed by atoms with Crippen molar-refractivity contribution in [2.75, 3.05) is 7.05 Å². The van der Waals surface area contributed by atoms with Crippen molar-refractivity contribution in [2.45, 2.75) is 50.2 Å². The standard InChI is InChI=1S/C14H23N3O2S/c1-11-3-6-13(7-4-11)17-20(18,19)14-8-5-12(9-15-2)10-16-14/h5,8,10-11,13,15,17H,3-4,6-7,9H2,1-2H3. The first-order valence-corrected chi connectivity index (χ1v) is 8.61. The lowest BCUT2D eigenvalue weighted by Gasteiger charge is -2.26. The molecule has 1 saturated carbocycles. The molecule has 1 aromatic heterocycles. The van der Waals surface area contributed by atoms with Crippen LogP contribution in [-0.4, -0.2) is 26.5 Å². The van der Waals surface area contributed by atoms with Crippen LogP contribution in [0.25, 0.3) is 0 Å². The minimum absolute atomic E-state index is 0.0509. The molecule has 20 heavy (non-hydrogen) atoms. The smallest absolute Gasteiger partial charge is 0.258 e. The van der Waals surface area contributed by atoms with Crippen molar-refractivity contribution in [1.82, 2.24) is 15.0 Å². The van der Waals surface area contributed by atoms with Crippen molar-refractivity contribution in [3.05, 3.63) is 23.9 Å². The predicted octanol–water partition coefficient (Wildman–Crippen LogP) is 1.66. The fraction of sp³-hybridized carbons (Fsp3) is 0.643. The lowest BCUT2D eigenvalue weighted by molar-refractivity contribution is 0.332. The van der Waals surface area contributed by atoms with Crippen LogP contribution in [0.1, 0.15) is 38.2 Å². The van der Waals surface area contributed by atoms with Gasteiger partial charge in [0.1, 0.15) is 0 Å².